The minimum absolute atomic E-state index is 0.170. The Morgan fingerprint density at radius 2 is 1.71 bits per heavy atom. The van der Waals surface area contributed by atoms with E-state index in [1.54, 1.807) is 32.9 Å². The van der Waals surface area contributed by atoms with Crippen molar-refractivity contribution in [1.82, 2.24) is 5.32 Å². The first-order chi connectivity index (χ1) is 11.1. The Morgan fingerprint density at radius 3 is 2.12 bits per heavy atom. The van der Waals surface area contributed by atoms with Crippen LogP contribution < -0.4 is 14.8 Å². The molecule has 0 saturated heterocycles. The molecule has 0 aliphatic rings. The van der Waals surface area contributed by atoms with Gasteiger partial charge in [0.2, 0.25) is 0 Å². The van der Waals surface area contributed by atoms with Gasteiger partial charge in [-0.3, -0.25) is 0 Å². The van der Waals surface area contributed by atoms with Gasteiger partial charge in [-0.25, -0.2) is 4.79 Å². The average Bonchev–Trinajstić information content (AvgIpc) is 2.50. The number of hydrogen-bond acceptors (Lipinski definition) is 6. The second-order valence-corrected chi connectivity index (χ2v) is 6.93. The van der Waals surface area contributed by atoms with Crippen LogP contribution in [-0.2, 0) is 4.74 Å². The van der Waals surface area contributed by atoms with Crippen molar-refractivity contribution in [3.05, 3.63) is 22.2 Å². The molecule has 24 heavy (non-hydrogen) atoms. The Kier molecular flexibility index (Phi) is 7.31. The molecule has 0 saturated carbocycles. The SMILES string of the molecule is COc1cc(C(O)C(O)CNC(=O)OC(C)(C)C)cc(OC)c1Br. The van der Waals surface area contributed by atoms with Gasteiger partial charge < -0.3 is 29.7 Å². The summed E-state index contributed by atoms with van der Waals surface area (Å²) >= 11 is 3.33. The van der Waals surface area contributed by atoms with Crippen molar-refractivity contribution in [3.63, 3.8) is 0 Å². The minimum Gasteiger partial charge on any atom is -0.495 e. The maximum atomic E-state index is 11.6. The first-order valence-corrected chi connectivity index (χ1v) is 8.12. The molecule has 7 nitrogen and oxygen atoms in total. The van der Waals surface area contributed by atoms with Gasteiger partial charge in [-0.05, 0) is 54.4 Å². The van der Waals surface area contributed by atoms with E-state index in [0.29, 0.717) is 21.5 Å². The summed E-state index contributed by atoms with van der Waals surface area (Å²) < 4.78 is 16.1. The molecule has 0 aromatic heterocycles. The number of nitrogens with one attached hydrogen (secondary N) is 1. The van der Waals surface area contributed by atoms with Gasteiger partial charge >= 0.3 is 6.09 Å². The molecule has 1 aromatic carbocycles. The summed E-state index contributed by atoms with van der Waals surface area (Å²) in [5.41, 5.74) is -0.245. The Labute approximate surface area is 150 Å². The zero-order valence-electron chi connectivity index (χ0n) is 14.4. The van der Waals surface area contributed by atoms with Crippen molar-refractivity contribution in [3.8, 4) is 11.5 Å². The number of benzene rings is 1. The van der Waals surface area contributed by atoms with Gasteiger partial charge in [0.1, 0.15) is 33.8 Å². The van der Waals surface area contributed by atoms with Crippen molar-refractivity contribution < 1.29 is 29.2 Å². The van der Waals surface area contributed by atoms with E-state index in [1.165, 1.54) is 14.2 Å². The summed E-state index contributed by atoms with van der Waals surface area (Å²) in [5, 5.41) is 22.8. The van der Waals surface area contributed by atoms with Crippen LogP contribution in [-0.4, -0.2) is 48.8 Å². The van der Waals surface area contributed by atoms with Gasteiger partial charge in [-0.15, -0.1) is 0 Å². The number of amides is 1. The molecule has 136 valence electrons. The van der Waals surface area contributed by atoms with Gasteiger partial charge in [0.25, 0.3) is 0 Å². The van der Waals surface area contributed by atoms with Crippen LogP contribution in [0.15, 0.2) is 16.6 Å². The summed E-state index contributed by atoms with van der Waals surface area (Å²) in [6, 6.07) is 3.15. The zero-order valence-corrected chi connectivity index (χ0v) is 16.0. The number of carbonyl (C=O) groups excluding carboxylic acids is 1. The minimum atomic E-state index is -1.24. The second kappa shape index (κ2) is 8.55. The standard InChI is InChI=1S/C16H24BrNO6/c1-16(2,3)24-15(21)18-8-10(19)14(20)9-6-11(22-4)13(17)12(7-9)23-5/h6-7,10,14,19-20H,8H2,1-5H3,(H,18,21). The number of alkyl carbamates (subject to hydrolysis) is 1. The van der Waals surface area contributed by atoms with Crippen LogP contribution in [0.25, 0.3) is 0 Å². The fourth-order valence-electron chi connectivity index (χ4n) is 1.90. The lowest BCUT2D eigenvalue weighted by Crippen LogP contribution is -2.38. The van der Waals surface area contributed by atoms with E-state index in [2.05, 4.69) is 21.2 Å². The smallest absolute Gasteiger partial charge is 0.407 e. The monoisotopic (exact) mass is 405 g/mol. The topological polar surface area (TPSA) is 97.2 Å². The van der Waals surface area contributed by atoms with Crippen molar-refractivity contribution in [2.24, 2.45) is 0 Å². The number of aliphatic hydroxyl groups is 2. The molecule has 2 atom stereocenters. The van der Waals surface area contributed by atoms with Crippen LogP contribution in [0, 0.1) is 0 Å². The summed E-state index contributed by atoms with van der Waals surface area (Å²) in [4.78, 5) is 11.6. The Balaban J connectivity index is 2.79. The molecule has 1 amide bonds. The Morgan fingerprint density at radius 1 is 1.21 bits per heavy atom. The van der Waals surface area contributed by atoms with E-state index in [0.717, 1.165) is 0 Å². The number of halogens is 1. The first-order valence-electron chi connectivity index (χ1n) is 7.33. The normalized spacial score (nSPS) is 13.8. The van der Waals surface area contributed by atoms with Gasteiger partial charge in [-0.2, -0.15) is 0 Å². The molecular formula is C16H24BrNO6. The molecule has 0 fully saturated rings. The highest BCUT2D eigenvalue weighted by atomic mass is 79.9. The summed E-state index contributed by atoms with van der Waals surface area (Å²) in [5.74, 6) is 0.909. The third-order valence-corrected chi connectivity index (χ3v) is 3.81. The molecule has 0 radical (unpaired) electrons. The van der Waals surface area contributed by atoms with Gasteiger partial charge in [-0.1, -0.05) is 0 Å². The van der Waals surface area contributed by atoms with E-state index >= 15 is 0 Å². The zero-order chi connectivity index (χ0) is 18.5. The molecule has 0 spiro atoms. The highest BCUT2D eigenvalue weighted by Gasteiger charge is 2.23. The van der Waals surface area contributed by atoms with Crippen molar-refractivity contribution in [2.45, 2.75) is 38.6 Å². The molecule has 8 heteroatoms. The number of methoxy groups -OCH3 is 2. The van der Waals surface area contributed by atoms with Gasteiger partial charge in [0.05, 0.1) is 14.2 Å². The van der Waals surface area contributed by atoms with Gasteiger partial charge in [0, 0.05) is 6.54 Å². The average molecular weight is 406 g/mol. The van der Waals surface area contributed by atoms with E-state index in [4.69, 9.17) is 14.2 Å². The quantitative estimate of drug-likeness (QED) is 0.671. The number of rotatable bonds is 6. The highest BCUT2D eigenvalue weighted by molar-refractivity contribution is 9.10. The van der Waals surface area contributed by atoms with Crippen LogP contribution >= 0.6 is 15.9 Å². The lowest BCUT2D eigenvalue weighted by molar-refractivity contribution is 0.0127. The van der Waals surface area contributed by atoms with E-state index < -0.39 is 23.9 Å². The molecule has 1 rings (SSSR count). The van der Waals surface area contributed by atoms with Crippen molar-refractivity contribution >= 4 is 22.0 Å². The summed E-state index contributed by atoms with van der Waals surface area (Å²) in [7, 11) is 2.96. The fourth-order valence-corrected chi connectivity index (χ4v) is 2.45. The summed E-state index contributed by atoms with van der Waals surface area (Å²) in [6.45, 7) is 5.03. The van der Waals surface area contributed by atoms with Crippen LogP contribution in [0.5, 0.6) is 11.5 Å². The second-order valence-electron chi connectivity index (χ2n) is 6.13. The maximum Gasteiger partial charge on any atom is 0.407 e. The molecule has 0 aliphatic carbocycles. The van der Waals surface area contributed by atoms with Crippen molar-refractivity contribution in [1.29, 1.82) is 0 Å². The molecule has 0 bridgehead atoms. The Bertz CT molecular complexity index is 547. The first kappa shape index (κ1) is 20.5. The predicted octanol–water partition coefficient (Wildman–Crippen LogP) is 2.39. The third kappa shape index (κ3) is 5.85. The lowest BCUT2D eigenvalue weighted by atomic mass is 10.0. The fraction of sp³-hybridized carbons (Fsp3) is 0.562. The molecule has 0 heterocycles. The largest absolute Gasteiger partial charge is 0.495 e. The number of ether oxygens (including phenoxy) is 3. The third-order valence-electron chi connectivity index (χ3n) is 3.03. The lowest BCUT2D eigenvalue weighted by Gasteiger charge is -2.23. The maximum absolute atomic E-state index is 11.6. The molecule has 3 N–H and O–H groups in total. The molecule has 2 unspecified atom stereocenters. The molecule has 1 aromatic rings. The number of carbonyl (C=O) groups is 1. The predicted molar refractivity (Wildman–Crippen MR) is 92.4 cm³/mol. The number of hydrogen-bond donors (Lipinski definition) is 3. The Hall–Kier alpha value is -1.51. The van der Waals surface area contributed by atoms with Crippen LogP contribution in [0.1, 0.15) is 32.4 Å². The van der Waals surface area contributed by atoms with E-state index in [1.807, 2.05) is 0 Å². The van der Waals surface area contributed by atoms with Crippen LogP contribution in [0.4, 0.5) is 4.79 Å². The van der Waals surface area contributed by atoms with Crippen molar-refractivity contribution in [2.75, 3.05) is 20.8 Å². The van der Waals surface area contributed by atoms with Crippen LogP contribution in [0.2, 0.25) is 0 Å². The van der Waals surface area contributed by atoms with Gasteiger partial charge in [0.15, 0.2) is 0 Å². The summed E-state index contributed by atoms with van der Waals surface area (Å²) in [6.07, 6.45) is -3.14. The van der Waals surface area contributed by atoms with E-state index in [-0.39, 0.29) is 6.54 Å². The highest BCUT2D eigenvalue weighted by Crippen LogP contribution is 2.37. The van der Waals surface area contributed by atoms with Crippen LogP contribution in [0.3, 0.4) is 0 Å². The molecular weight excluding hydrogens is 382 g/mol. The van der Waals surface area contributed by atoms with E-state index in [9.17, 15) is 15.0 Å². The molecule has 0 aliphatic heterocycles. The number of aliphatic hydroxyl groups excluding tert-OH is 2.